The Kier molecular flexibility index (Phi) is 5.63. The Labute approximate surface area is 282 Å². The predicted molar refractivity (Wildman–Crippen MR) is 201 cm³/mol. The minimum atomic E-state index is -0.0955. The van der Waals surface area contributed by atoms with Gasteiger partial charge in [-0.15, -0.1) is 0 Å². The van der Waals surface area contributed by atoms with Gasteiger partial charge in [-0.25, -0.2) is 0 Å². The van der Waals surface area contributed by atoms with E-state index in [9.17, 15) is 0 Å². The Morgan fingerprint density at radius 1 is 0.458 bits per heavy atom. The van der Waals surface area contributed by atoms with Gasteiger partial charge in [0, 0.05) is 21.8 Å². The molecule has 3 aliphatic rings. The summed E-state index contributed by atoms with van der Waals surface area (Å²) in [7, 11) is 0. The molecule has 0 bridgehead atoms. The fourth-order valence-electron chi connectivity index (χ4n) is 9.15. The third kappa shape index (κ3) is 3.67. The Morgan fingerprint density at radius 2 is 1.06 bits per heavy atom. The van der Waals surface area contributed by atoms with Gasteiger partial charge in [0.05, 0.1) is 5.69 Å². The highest BCUT2D eigenvalue weighted by molar-refractivity contribution is 6.07. The zero-order chi connectivity index (χ0) is 32.4. The van der Waals surface area contributed by atoms with Crippen LogP contribution in [-0.2, 0) is 10.8 Å². The highest BCUT2D eigenvalue weighted by Crippen LogP contribution is 2.58. The van der Waals surface area contributed by atoms with E-state index in [0.717, 1.165) is 0 Å². The fourth-order valence-corrected chi connectivity index (χ4v) is 9.15. The van der Waals surface area contributed by atoms with Crippen molar-refractivity contribution in [1.29, 1.82) is 0 Å². The SMILES string of the molecule is CC1(C)c2cc(C3NC(c4ccccc4)N3c3c4c(cc5ccccc35)C(C)(C)c3ccccc3-4)ccc2-c2cc3ccccc3cc21. The van der Waals surface area contributed by atoms with Crippen LogP contribution in [0.1, 0.15) is 73.4 Å². The van der Waals surface area contributed by atoms with Crippen molar-refractivity contribution in [2.75, 3.05) is 4.90 Å². The predicted octanol–water partition coefficient (Wildman–Crippen LogP) is 11.4. The summed E-state index contributed by atoms with van der Waals surface area (Å²) < 4.78 is 0. The van der Waals surface area contributed by atoms with Crippen molar-refractivity contribution in [3.05, 3.63) is 173 Å². The van der Waals surface area contributed by atoms with Crippen LogP contribution in [0.15, 0.2) is 140 Å². The molecule has 1 aliphatic heterocycles. The van der Waals surface area contributed by atoms with Crippen LogP contribution in [0.3, 0.4) is 0 Å². The second-order valence-electron chi connectivity index (χ2n) is 15.0. The fraction of sp³-hybridized carbons (Fsp3) is 0.174. The average Bonchev–Trinajstić information content (AvgIpc) is 3.46. The van der Waals surface area contributed by atoms with E-state index < -0.39 is 0 Å². The molecule has 2 heteroatoms. The molecule has 0 amide bonds. The van der Waals surface area contributed by atoms with Crippen LogP contribution < -0.4 is 10.2 Å². The maximum absolute atomic E-state index is 4.05. The molecule has 0 aromatic heterocycles. The van der Waals surface area contributed by atoms with Crippen LogP contribution in [0.5, 0.6) is 0 Å². The van der Waals surface area contributed by atoms with Crippen LogP contribution >= 0.6 is 0 Å². The van der Waals surface area contributed by atoms with Gasteiger partial charge in [-0.2, -0.15) is 0 Å². The zero-order valence-corrected chi connectivity index (χ0v) is 27.9. The number of rotatable bonds is 3. The Balaban J connectivity index is 1.19. The molecule has 7 aromatic rings. The topological polar surface area (TPSA) is 15.3 Å². The number of nitrogens with zero attached hydrogens (tertiary/aromatic N) is 1. The second-order valence-corrected chi connectivity index (χ2v) is 15.0. The average molecular weight is 619 g/mol. The molecule has 10 rings (SSSR count). The number of benzene rings is 7. The van der Waals surface area contributed by atoms with Gasteiger partial charge in [0.25, 0.3) is 0 Å². The van der Waals surface area contributed by atoms with Crippen LogP contribution in [0.4, 0.5) is 5.69 Å². The lowest BCUT2D eigenvalue weighted by molar-refractivity contribution is 0.277. The number of anilines is 1. The third-order valence-electron chi connectivity index (χ3n) is 11.7. The van der Waals surface area contributed by atoms with Gasteiger partial charge in [0.1, 0.15) is 12.3 Å². The number of hydrogen-bond donors (Lipinski definition) is 1. The van der Waals surface area contributed by atoms with Gasteiger partial charge in [-0.1, -0.05) is 149 Å². The van der Waals surface area contributed by atoms with E-state index >= 15 is 0 Å². The molecule has 1 heterocycles. The van der Waals surface area contributed by atoms with Crippen molar-refractivity contribution in [3.8, 4) is 22.3 Å². The standard InChI is InChI=1S/C46H38N2/c1-45(2)37-21-13-12-20-35(37)41-40(45)26-31-18-10-11-19-33(31)42(41)48-43(28-14-6-5-7-15-28)47-44(48)32-22-23-34-36-24-29-16-8-9-17-30(29)25-39(36)46(3,4)38(34)27-32/h5-27,43-44,47H,1-4H3. The molecule has 0 radical (unpaired) electrons. The molecular weight excluding hydrogens is 581 g/mol. The molecule has 2 nitrogen and oxygen atoms in total. The van der Waals surface area contributed by atoms with E-state index in [1.165, 1.54) is 82.9 Å². The van der Waals surface area contributed by atoms with Gasteiger partial charge in [0.2, 0.25) is 0 Å². The summed E-state index contributed by atoms with van der Waals surface area (Å²) in [5, 5.41) is 9.26. The van der Waals surface area contributed by atoms with Gasteiger partial charge in [-0.3, -0.25) is 5.32 Å². The van der Waals surface area contributed by atoms with E-state index in [0.29, 0.717) is 0 Å². The van der Waals surface area contributed by atoms with Gasteiger partial charge in [-0.05, 0) is 84.4 Å². The minimum absolute atomic E-state index is 0.0184. The normalized spacial score (nSPS) is 19.5. The van der Waals surface area contributed by atoms with Crippen molar-refractivity contribution in [2.24, 2.45) is 0 Å². The summed E-state index contributed by atoms with van der Waals surface area (Å²) in [5.41, 5.74) is 14.8. The first-order valence-electron chi connectivity index (χ1n) is 17.3. The van der Waals surface area contributed by atoms with Crippen LogP contribution in [0.2, 0.25) is 0 Å². The van der Waals surface area contributed by atoms with Crippen LogP contribution in [-0.4, -0.2) is 0 Å². The summed E-state index contributed by atoms with van der Waals surface area (Å²) in [6, 6.07) is 52.3. The van der Waals surface area contributed by atoms with E-state index in [1.807, 2.05) is 0 Å². The Bertz CT molecular complexity index is 2450. The molecule has 2 aliphatic carbocycles. The zero-order valence-electron chi connectivity index (χ0n) is 27.9. The maximum atomic E-state index is 4.05. The number of nitrogens with one attached hydrogen (secondary N) is 1. The molecular formula is C46H38N2. The Morgan fingerprint density at radius 3 is 1.88 bits per heavy atom. The molecule has 1 fully saturated rings. The van der Waals surface area contributed by atoms with Gasteiger partial charge < -0.3 is 4.90 Å². The Hall–Kier alpha value is -5.18. The second kappa shape index (κ2) is 9.69. The summed E-state index contributed by atoms with van der Waals surface area (Å²) in [4.78, 5) is 2.68. The largest absolute Gasteiger partial charge is 0.331 e. The van der Waals surface area contributed by atoms with Crippen molar-refractivity contribution >= 4 is 27.2 Å². The van der Waals surface area contributed by atoms with E-state index in [-0.39, 0.29) is 23.2 Å². The van der Waals surface area contributed by atoms with Crippen LogP contribution in [0.25, 0.3) is 43.8 Å². The molecule has 48 heavy (non-hydrogen) atoms. The summed E-state index contributed by atoms with van der Waals surface area (Å²) in [6.45, 7) is 9.57. The number of hydrogen-bond acceptors (Lipinski definition) is 2. The maximum Gasteiger partial charge on any atom is 0.109 e. The molecule has 7 aromatic carbocycles. The first-order chi connectivity index (χ1) is 23.3. The summed E-state index contributed by atoms with van der Waals surface area (Å²) in [6.07, 6.45) is 0.0654. The quantitative estimate of drug-likeness (QED) is 0.212. The lowest BCUT2D eigenvalue weighted by atomic mass is 9.80. The monoisotopic (exact) mass is 618 g/mol. The highest BCUT2D eigenvalue weighted by Gasteiger charge is 2.46. The van der Waals surface area contributed by atoms with Crippen molar-refractivity contribution < 1.29 is 0 Å². The lowest BCUT2D eigenvalue weighted by Crippen LogP contribution is -2.58. The van der Waals surface area contributed by atoms with Crippen molar-refractivity contribution in [3.63, 3.8) is 0 Å². The third-order valence-corrected chi connectivity index (χ3v) is 11.7. The lowest BCUT2D eigenvalue weighted by Gasteiger charge is -2.53. The first kappa shape index (κ1) is 27.9. The molecule has 2 atom stereocenters. The van der Waals surface area contributed by atoms with Gasteiger partial charge in [0.15, 0.2) is 0 Å². The molecule has 1 saturated heterocycles. The van der Waals surface area contributed by atoms with E-state index in [4.69, 9.17) is 0 Å². The van der Waals surface area contributed by atoms with Crippen molar-refractivity contribution in [1.82, 2.24) is 5.32 Å². The van der Waals surface area contributed by atoms with Gasteiger partial charge >= 0.3 is 0 Å². The summed E-state index contributed by atoms with van der Waals surface area (Å²) >= 11 is 0. The number of fused-ring (bicyclic) bond motifs is 8. The van der Waals surface area contributed by atoms with E-state index in [2.05, 4.69) is 177 Å². The minimum Gasteiger partial charge on any atom is -0.331 e. The molecule has 0 saturated carbocycles. The highest BCUT2D eigenvalue weighted by atomic mass is 15.5. The molecule has 2 unspecified atom stereocenters. The van der Waals surface area contributed by atoms with E-state index in [1.54, 1.807) is 0 Å². The summed E-state index contributed by atoms with van der Waals surface area (Å²) in [5.74, 6) is 0. The molecule has 0 spiro atoms. The molecule has 1 N–H and O–H groups in total. The van der Waals surface area contributed by atoms with Crippen LogP contribution in [0, 0.1) is 0 Å². The smallest absolute Gasteiger partial charge is 0.109 e. The molecule has 232 valence electrons. The van der Waals surface area contributed by atoms with Crippen molar-refractivity contribution in [2.45, 2.75) is 50.9 Å². The first-order valence-corrected chi connectivity index (χ1v) is 17.3.